The van der Waals surface area contributed by atoms with E-state index in [-0.39, 0.29) is 11.9 Å². The number of benzene rings is 1. The van der Waals surface area contributed by atoms with Crippen molar-refractivity contribution in [3.63, 3.8) is 0 Å². The number of aryl methyl sites for hydroxylation is 1. The number of amides is 1. The molecule has 3 rings (SSSR count). The number of hydrogen-bond donors (Lipinski definition) is 3. The highest BCUT2D eigenvalue weighted by atomic mass is 16.3. The standard InChI is InChI=1S/C18H25N3O2/c22-16-10-4-2-1-3-9-15(16)21-18(23)12-11-17-19-13-7-5-6-8-14(13)20-17/h5-8,15-16,22H,1-4,9-12H2,(H,19,20)(H,21,23)/t15-,16-/m0/s1. The van der Waals surface area contributed by atoms with Crippen molar-refractivity contribution in [2.45, 2.75) is 63.5 Å². The first-order valence-electron chi connectivity index (χ1n) is 8.63. The molecule has 0 radical (unpaired) electrons. The molecule has 0 spiro atoms. The fraction of sp³-hybridized carbons (Fsp3) is 0.556. The number of aromatic nitrogens is 2. The topological polar surface area (TPSA) is 78.0 Å². The summed E-state index contributed by atoms with van der Waals surface area (Å²) in [5, 5.41) is 13.2. The van der Waals surface area contributed by atoms with Crippen LogP contribution < -0.4 is 5.32 Å². The summed E-state index contributed by atoms with van der Waals surface area (Å²) in [6.07, 6.45) is 6.73. The number of nitrogens with one attached hydrogen (secondary N) is 2. The van der Waals surface area contributed by atoms with Crippen molar-refractivity contribution in [3.8, 4) is 0 Å². The molecule has 0 bridgehead atoms. The lowest BCUT2D eigenvalue weighted by Crippen LogP contribution is -2.43. The van der Waals surface area contributed by atoms with E-state index < -0.39 is 6.10 Å². The number of fused-ring (bicyclic) bond motifs is 1. The molecule has 1 saturated carbocycles. The predicted octanol–water partition coefficient (Wildman–Crippen LogP) is 2.70. The van der Waals surface area contributed by atoms with Crippen molar-refractivity contribution in [2.75, 3.05) is 0 Å². The normalized spacial score (nSPS) is 22.5. The number of para-hydroxylation sites is 2. The van der Waals surface area contributed by atoms with E-state index in [1.54, 1.807) is 0 Å². The number of aromatic amines is 1. The van der Waals surface area contributed by atoms with Gasteiger partial charge in [0.1, 0.15) is 5.82 Å². The van der Waals surface area contributed by atoms with E-state index in [0.29, 0.717) is 12.8 Å². The first-order valence-corrected chi connectivity index (χ1v) is 8.63. The van der Waals surface area contributed by atoms with Gasteiger partial charge in [-0.15, -0.1) is 0 Å². The molecular formula is C18H25N3O2. The molecule has 23 heavy (non-hydrogen) atoms. The lowest BCUT2D eigenvalue weighted by atomic mass is 9.94. The molecule has 5 heteroatoms. The summed E-state index contributed by atoms with van der Waals surface area (Å²) in [6.45, 7) is 0. The monoisotopic (exact) mass is 315 g/mol. The molecule has 124 valence electrons. The van der Waals surface area contributed by atoms with Gasteiger partial charge in [0, 0.05) is 12.8 Å². The lowest BCUT2D eigenvalue weighted by Gasteiger charge is -2.26. The third-order valence-corrected chi connectivity index (χ3v) is 4.60. The third kappa shape index (κ3) is 4.32. The van der Waals surface area contributed by atoms with Crippen molar-refractivity contribution >= 4 is 16.9 Å². The quantitative estimate of drug-likeness (QED) is 0.812. The van der Waals surface area contributed by atoms with E-state index in [0.717, 1.165) is 42.5 Å². The molecule has 5 nitrogen and oxygen atoms in total. The van der Waals surface area contributed by atoms with Gasteiger partial charge >= 0.3 is 0 Å². The molecule has 2 atom stereocenters. The second-order valence-corrected chi connectivity index (χ2v) is 6.43. The highest BCUT2D eigenvalue weighted by molar-refractivity contribution is 5.77. The van der Waals surface area contributed by atoms with Crippen LogP contribution in [-0.4, -0.2) is 33.1 Å². The number of carbonyl (C=O) groups excluding carboxylic acids is 1. The van der Waals surface area contributed by atoms with E-state index >= 15 is 0 Å². The van der Waals surface area contributed by atoms with Crippen molar-refractivity contribution in [2.24, 2.45) is 0 Å². The van der Waals surface area contributed by atoms with Crippen LogP contribution in [0.5, 0.6) is 0 Å². The maximum atomic E-state index is 12.2. The Bertz CT molecular complexity index is 620. The minimum Gasteiger partial charge on any atom is -0.391 e. The van der Waals surface area contributed by atoms with Crippen molar-refractivity contribution in [3.05, 3.63) is 30.1 Å². The summed E-state index contributed by atoms with van der Waals surface area (Å²) < 4.78 is 0. The Morgan fingerprint density at radius 3 is 2.83 bits per heavy atom. The fourth-order valence-corrected chi connectivity index (χ4v) is 3.27. The molecule has 0 unspecified atom stereocenters. The minimum atomic E-state index is -0.412. The Balaban J connectivity index is 1.52. The predicted molar refractivity (Wildman–Crippen MR) is 90.1 cm³/mol. The van der Waals surface area contributed by atoms with Crippen LogP contribution in [0.15, 0.2) is 24.3 Å². The Labute approximate surface area is 136 Å². The summed E-state index contributed by atoms with van der Waals surface area (Å²) in [7, 11) is 0. The second-order valence-electron chi connectivity index (χ2n) is 6.43. The van der Waals surface area contributed by atoms with Crippen LogP contribution in [0.3, 0.4) is 0 Å². The average Bonchev–Trinajstić information content (AvgIpc) is 2.95. The SMILES string of the molecule is O=C(CCc1nc2ccccc2[nH]1)N[C@H]1CCCCCC[C@@H]1O. The summed E-state index contributed by atoms with van der Waals surface area (Å²) in [5.41, 5.74) is 1.93. The molecule has 3 N–H and O–H groups in total. The number of aliphatic hydroxyl groups excluding tert-OH is 1. The highest BCUT2D eigenvalue weighted by Gasteiger charge is 2.22. The molecule has 1 aromatic heterocycles. The number of nitrogens with zero attached hydrogens (tertiary/aromatic N) is 1. The Hall–Kier alpha value is -1.88. The molecule has 1 heterocycles. The van der Waals surface area contributed by atoms with Crippen LogP contribution in [0.25, 0.3) is 11.0 Å². The number of carbonyl (C=O) groups is 1. The number of hydrogen-bond acceptors (Lipinski definition) is 3. The van der Waals surface area contributed by atoms with E-state index in [2.05, 4.69) is 15.3 Å². The van der Waals surface area contributed by atoms with Gasteiger partial charge in [-0.05, 0) is 25.0 Å². The summed E-state index contributed by atoms with van der Waals surface area (Å²) in [6, 6.07) is 7.76. The largest absolute Gasteiger partial charge is 0.391 e. The van der Waals surface area contributed by atoms with Crippen molar-refractivity contribution in [1.29, 1.82) is 0 Å². The van der Waals surface area contributed by atoms with Gasteiger partial charge in [0.2, 0.25) is 5.91 Å². The third-order valence-electron chi connectivity index (χ3n) is 4.60. The molecule has 0 saturated heterocycles. The van der Waals surface area contributed by atoms with E-state index in [1.165, 1.54) is 12.8 Å². The van der Waals surface area contributed by atoms with Crippen LogP contribution in [0.4, 0.5) is 0 Å². The number of aliphatic hydroxyl groups is 1. The zero-order valence-corrected chi connectivity index (χ0v) is 13.4. The zero-order chi connectivity index (χ0) is 16.1. The summed E-state index contributed by atoms with van der Waals surface area (Å²) in [5.74, 6) is 0.828. The van der Waals surface area contributed by atoms with Crippen LogP contribution in [0.1, 0.15) is 50.8 Å². The van der Waals surface area contributed by atoms with Gasteiger partial charge in [-0.25, -0.2) is 4.98 Å². The van der Waals surface area contributed by atoms with Gasteiger partial charge in [0.25, 0.3) is 0 Å². The van der Waals surface area contributed by atoms with Crippen LogP contribution in [0, 0.1) is 0 Å². The second kappa shape index (κ2) is 7.59. The van der Waals surface area contributed by atoms with Crippen LogP contribution >= 0.6 is 0 Å². The molecule has 0 aliphatic heterocycles. The molecule has 1 aromatic carbocycles. The number of H-pyrrole nitrogens is 1. The molecular weight excluding hydrogens is 290 g/mol. The highest BCUT2D eigenvalue weighted by Crippen LogP contribution is 2.18. The molecule has 1 fully saturated rings. The van der Waals surface area contributed by atoms with E-state index in [1.807, 2.05) is 24.3 Å². The molecule has 1 aliphatic carbocycles. The molecule has 1 aliphatic rings. The summed E-state index contributed by atoms with van der Waals surface area (Å²) >= 11 is 0. The van der Waals surface area contributed by atoms with Crippen molar-refractivity contribution in [1.82, 2.24) is 15.3 Å². The van der Waals surface area contributed by atoms with Gasteiger partial charge in [0.05, 0.1) is 23.2 Å². The Morgan fingerprint density at radius 1 is 1.22 bits per heavy atom. The van der Waals surface area contributed by atoms with Gasteiger partial charge in [-0.3, -0.25) is 4.79 Å². The maximum Gasteiger partial charge on any atom is 0.220 e. The maximum absolute atomic E-state index is 12.2. The molecule has 1 amide bonds. The van der Waals surface area contributed by atoms with Crippen LogP contribution in [0.2, 0.25) is 0 Å². The van der Waals surface area contributed by atoms with Gasteiger partial charge < -0.3 is 15.4 Å². The Morgan fingerprint density at radius 2 is 2.00 bits per heavy atom. The smallest absolute Gasteiger partial charge is 0.220 e. The van der Waals surface area contributed by atoms with Crippen LogP contribution in [-0.2, 0) is 11.2 Å². The van der Waals surface area contributed by atoms with E-state index in [9.17, 15) is 9.90 Å². The van der Waals surface area contributed by atoms with Gasteiger partial charge in [-0.1, -0.05) is 37.8 Å². The zero-order valence-electron chi connectivity index (χ0n) is 13.4. The summed E-state index contributed by atoms with van der Waals surface area (Å²) in [4.78, 5) is 19.9. The first-order chi connectivity index (χ1) is 11.2. The van der Waals surface area contributed by atoms with Crippen molar-refractivity contribution < 1.29 is 9.90 Å². The minimum absolute atomic E-state index is 0.00456. The number of rotatable bonds is 4. The molecule has 2 aromatic rings. The van der Waals surface area contributed by atoms with Gasteiger partial charge in [-0.2, -0.15) is 0 Å². The fourth-order valence-electron chi connectivity index (χ4n) is 3.27. The van der Waals surface area contributed by atoms with E-state index in [4.69, 9.17) is 0 Å². The Kier molecular flexibility index (Phi) is 5.28. The average molecular weight is 315 g/mol. The lowest BCUT2D eigenvalue weighted by molar-refractivity contribution is -0.122. The van der Waals surface area contributed by atoms with Gasteiger partial charge in [0.15, 0.2) is 0 Å². The first kappa shape index (κ1) is 16.0. The number of imidazole rings is 1.